The zero-order valence-electron chi connectivity index (χ0n) is 11.4. The molecule has 4 nitrogen and oxygen atoms in total. The van der Waals surface area contributed by atoms with Crippen molar-refractivity contribution in [2.45, 2.75) is 39.2 Å². The molecule has 0 aliphatic rings. The molecular formula is C14H21NO3S. The first kappa shape index (κ1) is 15.9. The van der Waals surface area contributed by atoms with Crippen molar-refractivity contribution in [2.75, 3.05) is 6.54 Å². The second kappa shape index (κ2) is 8.07. The van der Waals surface area contributed by atoms with Crippen molar-refractivity contribution in [3.8, 4) is 0 Å². The van der Waals surface area contributed by atoms with Crippen LogP contribution >= 0.6 is 11.3 Å². The van der Waals surface area contributed by atoms with Gasteiger partial charge >= 0.3 is 0 Å². The molecule has 1 aromatic rings. The van der Waals surface area contributed by atoms with E-state index in [1.54, 1.807) is 6.07 Å². The summed E-state index contributed by atoms with van der Waals surface area (Å²) >= 11 is 1.39. The lowest BCUT2D eigenvalue weighted by Crippen LogP contribution is -2.32. The molecule has 1 atom stereocenters. The fraction of sp³-hybridized carbons (Fsp3) is 0.571. The Kier molecular flexibility index (Phi) is 6.73. The van der Waals surface area contributed by atoms with Crippen LogP contribution in [0.5, 0.6) is 0 Å². The van der Waals surface area contributed by atoms with Gasteiger partial charge in [-0.15, -0.1) is 11.3 Å². The van der Waals surface area contributed by atoms with E-state index in [2.05, 4.69) is 5.32 Å². The third-order valence-corrected chi connectivity index (χ3v) is 3.56. The van der Waals surface area contributed by atoms with E-state index in [1.807, 2.05) is 25.3 Å². The van der Waals surface area contributed by atoms with Crippen LogP contribution in [0.15, 0.2) is 17.5 Å². The van der Waals surface area contributed by atoms with Gasteiger partial charge in [-0.3, -0.25) is 9.59 Å². The fourth-order valence-corrected chi connectivity index (χ4v) is 2.43. The summed E-state index contributed by atoms with van der Waals surface area (Å²) in [5.74, 6) is 0.202. The molecule has 5 heteroatoms. The lowest BCUT2D eigenvalue weighted by molar-refractivity contribution is -0.121. The van der Waals surface area contributed by atoms with Crippen molar-refractivity contribution in [1.82, 2.24) is 5.32 Å². The smallest absolute Gasteiger partial charge is 0.220 e. The molecule has 0 aromatic carbocycles. The molecule has 0 aliphatic carbocycles. The standard InChI is InChI=1S/C14H21NO3S/c1-10(2)8-11(16)9-15-14(18)6-5-12(17)13-4-3-7-19-13/h3-4,7,10-11,16H,5-6,8-9H2,1-2H3,(H,15,18). The Bertz CT molecular complexity index is 401. The molecule has 0 aliphatic heterocycles. The van der Waals surface area contributed by atoms with Crippen LogP contribution < -0.4 is 5.32 Å². The molecule has 0 fully saturated rings. The van der Waals surface area contributed by atoms with Crippen LogP contribution in [-0.4, -0.2) is 29.4 Å². The van der Waals surface area contributed by atoms with Crippen molar-refractivity contribution in [3.63, 3.8) is 0 Å². The number of hydrogen-bond donors (Lipinski definition) is 2. The Morgan fingerprint density at radius 2 is 2.11 bits per heavy atom. The second-order valence-corrected chi connectivity index (χ2v) is 5.94. The van der Waals surface area contributed by atoms with Gasteiger partial charge in [0, 0.05) is 19.4 Å². The molecule has 0 spiro atoms. The van der Waals surface area contributed by atoms with Crippen LogP contribution in [0.1, 0.15) is 42.8 Å². The number of aliphatic hydroxyl groups is 1. The summed E-state index contributed by atoms with van der Waals surface area (Å²) in [6.45, 7) is 4.29. The van der Waals surface area contributed by atoms with E-state index in [1.165, 1.54) is 11.3 Å². The minimum Gasteiger partial charge on any atom is -0.391 e. The fourth-order valence-electron chi connectivity index (χ4n) is 1.74. The number of nitrogens with one attached hydrogen (secondary N) is 1. The van der Waals surface area contributed by atoms with Crippen molar-refractivity contribution in [1.29, 1.82) is 0 Å². The van der Waals surface area contributed by atoms with Crippen LogP contribution in [-0.2, 0) is 4.79 Å². The van der Waals surface area contributed by atoms with Gasteiger partial charge < -0.3 is 10.4 Å². The molecule has 0 bridgehead atoms. The molecule has 0 saturated carbocycles. The van der Waals surface area contributed by atoms with Crippen molar-refractivity contribution >= 4 is 23.0 Å². The van der Waals surface area contributed by atoms with Crippen LogP contribution in [0, 0.1) is 5.92 Å². The quantitative estimate of drug-likeness (QED) is 0.719. The first-order valence-corrected chi connectivity index (χ1v) is 7.38. The SMILES string of the molecule is CC(C)CC(O)CNC(=O)CCC(=O)c1cccs1. The van der Waals surface area contributed by atoms with Crippen molar-refractivity contribution in [3.05, 3.63) is 22.4 Å². The predicted molar refractivity (Wildman–Crippen MR) is 76.4 cm³/mol. The Balaban J connectivity index is 2.19. The summed E-state index contributed by atoms with van der Waals surface area (Å²) in [7, 11) is 0. The minimum absolute atomic E-state index is 0.00659. The molecule has 1 amide bonds. The largest absolute Gasteiger partial charge is 0.391 e. The number of thiophene rings is 1. The number of hydrogen-bond acceptors (Lipinski definition) is 4. The van der Waals surface area contributed by atoms with Gasteiger partial charge in [0.2, 0.25) is 5.91 Å². The summed E-state index contributed by atoms with van der Waals surface area (Å²) < 4.78 is 0. The molecule has 0 radical (unpaired) electrons. The molecule has 19 heavy (non-hydrogen) atoms. The summed E-state index contributed by atoms with van der Waals surface area (Å²) in [5.41, 5.74) is 0. The van der Waals surface area contributed by atoms with Crippen LogP contribution in [0.4, 0.5) is 0 Å². The lowest BCUT2D eigenvalue weighted by Gasteiger charge is -2.13. The molecule has 1 aromatic heterocycles. The van der Waals surface area contributed by atoms with E-state index < -0.39 is 6.10 Å². The summed E-state index contributed by atoms with van der Waals surface area (Å²) in [6.07, 6.45) is 0.531. The summed E-state index contributed by atoms with van der Waals surface area (Å²) in [5, 5.41) is 14.1. The molecule has 1 heterocycles. The van der Waals surface area contributed by atoms with Gasteiger partial charge in [-0.1, -0.05) is 19.9 Å². The van der Waals surface area contributed by atoms with E-state index in [0.29, 0.717) is 17.2 Å². The van der Waals surface area contributed by atoms with E-state index in [9.17, 15) is 14.7 Å². The summed E-state index contributed by atoms with van der Waals surface area (Å²) in [4.78, 5) is 23.9. The third-order valence-electron chi connectivity index (χ3n) is 2.65. The van der Waals surface area contributed by atoms with Crippen LogP contribution in [0.3, 0.4) is 0 Å². The summed E-state index contributed by atoms with van der Waals surface area (Å²) in [6, 6.07) is 3.58. The number of amides is 1. The topological polar surface area (TPSA) is 66.4 Å². The Morgan fingerprint density at radius 3 is 2.68 bits per heavy atom. The highest BCUT2D eigenvalue weighted by atomic mass is 32.1. The highest BCUT2D eigenvalue weighted by molar-refractivity contribution is 7.12. The molecule has 106 valence electrons. The van der Waals surface area contributed by atoms with Gasteiger partial charge in [0.15, 0.2) is 5.78 Å². The number of Topliss-reactive ketones (excluding diaryl/α,β-unsaturated/α-hetero) is 1. The average molecular weight is 283 g/mol. The molecular weight excluding hydrogens is 262 g/mol. The highest BCUT2D eigenvalue weighted by Crippen LogP contribution is 2.12. The predicted octanol–water partition coefficient (Wildman–Crippen LogP) is 2.23. The Morgan fingerprint density at radius 1 is 1.37 bits per heavy atom. The zero-order valence-corrected chi connectivity index (χ0v) is 12.2. The van der Waals surface area contributed by atoms with Gasteiger partial charge in [0.25, 0.3) is 0 Å². The second-order valence-electron chi connectivity index (χ2n) is 4.99. The van der Waals surface area contributed by atoms with Gasteiger partial charge in [-0.05, 0) is 23.8 Å². The third kappa shape index (κ3) is 6.50. The normalized spacial score (nSPS) is 12.4. The zero-order chi connectivity index (χ0) is 14.3. The molecule has 2 N–H and O–H groups in total. The molecule has 1 rings (SSSR count). The van der Waals surface area contributed by atoms with Crippen LogP contribution in [0.25, 0.3) is 0 Å². The van der Waals surface area contributed by atoms with E-state index >= 15 is 0 Å². The maximum Gasteiger partial charge on any atom is 0.220 e. The number of carbonyl (C=O) groups excluding carboxylic acids is 2. The van der Waals surface area contributed by atoms with Crippen LogP contribution in [0.2, 0.25) is 0 Å². The Hall–Kier alpha value is -1.20. The average Bonchev–Trinajstić information content (AvgIpc) is 2.86. The van der Waals surface area contributed by atoms with E-state index in [-0.39, 0.29) is 31.1 Å². The van der Waals surface area contributed by atoms with Gasteiger partial charge in [-0.2, -0.15) is 0 Å². The maximum absolute atomic E-state index is 11.7. The lowest BCUT2D eigenvalue weighted by atomic mass is 10.1. The van der Waals surface area contributed by atoms with Crippen molar-refractivity contribution in [2.24, 2.45) is 5.92 Å². The number of ketones is 1. The highest BCUT2D eigenvalue weighted by Gasteiger charge is 2.12. The Labute approximate surface area is 117 Å². The number of carbonyl (C=O) groups is 2. The van der Waals surface area contributed by atoms with E-state index in [4.69, 9.17) is 0 Å². The van der Waals surface area contributed by atoms with E-state index in [0.717, 1.165) is 0 Å². The minimum atomic E-state index is -0.517. The number of aliphatic hydroxyl groups excluding tert-OH is 1. The first-order chi connectivity index (χ1) is 8.99. The molecule has 0 saturated heterocycles. The van der Waals surface area contributed by atoms with Gasteiger partial charge in [0.05, 0.1) is 11.0 Å². The van der Waals surface area contributed by atoms with Crippen molar-refractivity contribution < 1.29 is 14.7 Å². The first-order valence-electron chi connectivity index (χ1n) is 6.50. The monoisotopic (exact) mass is 283 g/mol. The molecule has 1 unspecified atom stereocenters. The van der Waals surface area contributed by atoms with Gasteiger partial charge in [-0.25, -0.2) is 0 Å². The van der Waals surface area contributed by atoms with Gasteiger partial charge in [0.1, 0.15) is 0 Å². The maximum atomic E-state index is 11.7. The number of rotatable bonds is 8.